The standard InChI is InChI=1S/C14H17F3N2O2/c15-14(16,17)11-1-3-12(4-2-11)18-13(21)19-7-5-10(9-19)6-8-20/h1-4,10,20H,5-9H2,(H,18,21). The van der Waals surface area contributed by atoms with E-state index in [-0.39, 0.29) is 18.6 Å². The zero-order valence-corrected chi connectivity index (χ0v) is 11.4. The van der Waals surface area contributed by atoms with Crippen LogP contribution < -0.4 is 5.32 Å². The van der Waals surface area contributed by atoms with Crippen molar-refractivity contribution in [3.63, 3.8) is 0 Å². The van der Waals surface area contributed by atoms with Gasteiger partial charge in [0, 0.05) is 25.4 Å². The van der Waals surface area contributed by atoms with Crippen molar-refractivity contribution < 1.29 is 23.1 Å². The molecule has 1 aromatic carbocycles. The molecule has 1 atom stereocenters. The van der Waals surface area contributed by atoms with Crippen molar-refractivity contribution in [2.75, 3.05) is 25.0 Å². The Labute approximate surface area is 120 Å². The van der Waals surface area contributed by atoms with Crippen LogP contribution in [0.25, 0.3) is 0 Å². The number of aliphatic hydroxyl groups excluding tert-OH is 1. The highest BCUT2D eigenvalue weighted by atomic mass is 19.4. The smallest absolute Gasteiger partial charge is 0.396 e. The number of alkyl halides is 3. The molecular weight excluding hydrogens is 285 g/mol. The number of benzene rings is 1. The van der Waals surface area contributed by atoms with Gasteiger partial charge in [-0.15, -0.1) is 0 Å². The number of rotatable bonds is 3. The van der Waals surface area contributed by atoms with Gasteiger partial charge in [0.05, 0.1) is 5.56 Å². The summed E-state index contributed by atoms with van der Waals surface area (Å²) in [5, 5.41) is 11.4. The molecule has 0 aromatic heterocycles. The van der Waals surface area contributed by atoms with Gasteiger partial charge in [-0.25, -0.2) is 4.79 Å². The van der Waals surface area contributed by atoms with Gasteiger partial charge in [0.2, 0.25) is 0 Å². The van der Waals surface area contributed by atoms with Gasteiger partial charge in [-0.2, -0.15) is 13.2 Å². The van der Waals surface area contributed by atoms with Crippen molar-refractivity contribution in [3.8, 4) is 0 Å². The first-order chi connectivity index (χ1) is 9.90. The third kappa shape index (κ3) is 4.10. The summed E-state index contributed by atoms with van der Waals surface area (Å²) in [5.41, 5.74) is -0.414. The molecule has 2 amide bonds. The Hall–Kier alpha value is -1.76. The van der Waals surface area contributed by atoms with E-state index in [0.29, 0.717) is 25.2 Å². The minimum Gasteiger partial charge on any atom is -0.396 e. The van der Waals surface area contributed by atoms with Crippen LogP contribution in [0.15, 0.2) is 24.3 Å². The van der Waals surface area contributed by atoms with Crippen molar-refractivity contribution in [3.05, 3.63) is 29.8 Å². The quantitative estimate of drug-likeness (QED) is 0.902. The number of likely N-dealkylation sites (tertiary alicyclic amines) is 1. The molecule has 0 bridgehead atoms. The number of urea groups is 1. The monoisotopic (exact) mass is 302 g/mol. The number of nitrogens with zero attached hydrogens (tertiary/aromatic N) is 1. The molecule has 1 aliphatic rings. The molecule has 2 N–H and O–H groups in total. The number of aliphatic hydroxyl groups is 1. The lowest BCUT2D eigenvalue weighted by Crippen LogP contribution is -2.33. The van der Waals surface area contributed by atoms with Gasteiger partial charge in [0.1, 0.15) is 0 Å². The summed E-state index contributed by atoms with van der Waals surface area (Å²) in [7, 11) is 0. The topological polar surface area (TPSA) is 52.6 Å². The fourth-order valence-corrected chi connectivity index (χ4v) is 2.38. The minimum atomic E-state index is -4.38. The summed E-state index contributed by atoms with van der Waals surface area (Å²) in [6.45, 7) is 1.25. The Morgan fingerprint density at radius 1 is 1.33 bits per heavy atom. The lowest BCUT2D eigenvalue weighted by atomic mass is 10.1. The van der Waals surface area contributed by atoms with Crippen LogP contribution in [0.5, 0.6) is 0 Å². The van der Waals surface area contributed by atoms with Crippen LogP contribution in [-0.4, -0.2) is 35.7 Å². The predicted octanol–water partition coefficient (Wildman–Crippen LogP) is 2.94. The third-order valence-corrected chi connectivity index (χ3v) is 3.57. The fraction of sp³-hybridized carbons (Fsp3) is 0.500. The molecule has 4 nitrogen and oxygen atoms in total. The molecule has 1 unspecified atom stereocenters. The van der Waals surface area contributed by atoms with Gasteiger partial charge in [0.15, 0.2) is 0 Å². The Bertz CT molecular complexity index is 488. The van der Waals surface area contributed by atoms with E-state index in [1.807, 2.05) is 0 Å². The molecule has 1 heterocycles. The van der Waals surface area contributed by atoms with E-state index < -0.39 is 11.7 Å². The first kappa shape index (κ1) is 15.6. The summed E-state index contributed by atoms with van der Waals surface area (Å²) in [4.78, 5) is 13.6. The summed E-state index contributed by atoms with van der Waals surface area (Å²) < 4.78 is 37.3. The molecule has 2 rings (SSSR count). The van der Waals surface area contributed by atoms with E-state index in [9.17, 15) is 18.0 Å². The molecular formula is C14H17F3N2O2. The maximum atomic E-state index is 12.4. The van der Waals surface area contributed by atoms with Gasteiger partial charge in [-0.3, -0.25) is 0 Å². The van der Waals surface area contributed by atoms with Crippen LogP contribution >= 0.6 is 0 Å². The highest BCUT2D eigenvalue weighted by Gasteiger charge is 2.30. The molecule has 0 spiro atoms. The summed E-state index contributed by atoms with van der Waals surface area (Å²) in [5.74, 6) is 0.286. The first-order valence-electron chi connectivity index (χ1n) is 6.74. The second-order valence-corrected chi connectivity index (χ2v) is 5.12. The van der Waals surface area contributed by atoms with Crippen LogP contribution in [0.2, 0.25) is 0 Å². The Morgan fingerprint density at radius 3 is 2.57 bits per heavy atom. The molecule has 21 heavy (non-hydrogen) atoms. The van der Waals surface area contributed by atoms with E-state index in [4.69, 9.17) is 5.11 Å². The maximum absolute atomic E-state index is 12.4. The summed E-state index contributed by atoms with van der Waals surface area (Å²) >= 11 is 0. The first-order valence-corrected chi connectivity index (χ1v) is 6.74. The van der Waals surface area contributed by atoms with Crippen molar-refractivity contribution >= 4 is 11.7 Å². The average molecular weight is 302 g/mol. The zero-order chi connectivity index (χ0) is 15.5. The number of anilines is 1. The molecule has 1 saturated heterocycles. The Morgan fingerprint density at radius 2 is 2.00 bits per heavy atom. The number of amides is 2. The Balaban J connectivity index is 1.91. The lowest BCUT2D eigenvalue weighted by molar-refractivity contribution is -0.137. The second-order valence-electron chi connectivity index (χ2n) is 5.12. The zero-order valence-electron chi connectivity index (χ0n) is 11.4. The SMILES string of the molecule is O=C(Nc1ccc(C(F)(F)F)cc1)N1CCC(CCO)C1. The van der Waals surface area contributed by atoms with Crippen LogP contribution in [0, 0.1) is 5.92 Å². The van der Waals surface area contributed by atoms with Crippen molar-refractivity contribution in [2.45, 2.75) is 19.0 Å². The number of hydrogen-bond donors (Lipinski definition) is 2. The van der Waals surface area contributed by atoms with Gasteiger partial charge in [-0.05, 0) is 43.0 Å². The van der Waals surface area contributed by atoms with E-state index in [1.54, 1.807) is 4.90 Å². The van der Waals surface area contributed by atoms with Crippen LogP contribution in [-0.2, 0) is 6.18 Å². The normalized spacial score (nSPS) is 18.9. The van der Waals surface area contributed by atoms with E-state index in [0.717, 1.165) is 18.6 Å². The highest BCUT2D eigenvalue weighted by molar-refractivity contribution is 5.89. The van der Waals surface area contributed by atoms with Crippen molar-refractivity contribution in [2.24, 2.45) is 5.92 Å². The molecule has 1 aliphatic heterocycles. The maximum Gasteiger partial charge on any atom is 0.416 e. The minimum absolute atomic E-state index is 0.0963. The second kappa shape index (κ2) is 6.34. The van der Waals surface area contributed by atoms with Crippen LogP contribution in [0.4, 0.5) is 23.7 Å². The summed E-state index contributed by atoms with van der Waals surface area (Å²) in [6.07, 6.45) is -2.89. The Kier molecular flexibility index (Phi) is 4.72. The third-order valence-electron chi connectivity index (χ3n) is 3.57. The van der Waals surface area contributed by atoms with E-state index in [2.05, 4.69) is 5.32 Å². The van der Waals surface area contributed by atoms with Gasteiger partial charge in [0.25, 0.3) is 0 Å². The fourth-order valence-electron chi connectivity index (χ4n) is 2.38. The largest absolute Gasteiger partial charge is 0.416 e. The molecule has 7 heteroatoms. The van der Waals surface area contributed by atoms with Gasteiger partial charge < -0.3 is 15.3 Å². The van der Waals surface area contributed by atoms with Crippen molar-refractivity contribution in [1.82, 2.24) is 4.90 Å². The van der Waals surface area contributed by atoms with Crippen LogP contribution in [0.1, 0.15) is 18.4 Å². The average Bonchev–Trinajstić information content (AvgIpc) is 2.87. The summed E-state index contributed by atoms with van der Waals surface area (Å²) in [6, 6.07) is 4.03. The predicted molar refractivity (Wildman–Crippen MR) is 71.8 cm³/mol. The van der Waals surface area contributed by atoms with Gasteiger partial charge >= 0.3 is 12.2 Å². The highest BCUT2D eigenvalue weighted by Crippen LogP contribution is 2.30. The van der Waals surface area contributed by atoms with Gasteiger partial charge in [-0.1, -0.05) is 0 Å². The molecule has 1 fully saturated rings. The van der Waals surface area contributed by atoms with E-state index in [1.165, 1.54) is 12.1 Å². The molecule has 0 saturated carbocycles. The van der Waals surface area contributed by atoms with Crippen LogP contribution in [0.3, 0.4) is 0 Å². The molecule has 1 aromatic rings. The molecule has 0 aliphatic carbocycles. The number of hydrogen-bond acceptors (Lipinski definition) is 2. The number of carbonyl (C=O) groups excluding carboxylic acids is 1. The molecule has 116 valence electrons. The van der Waals surface area contributed by atoms with E-state index >= 15 is 0 Å². The molecule has 0 radical (unpaired) electrons. The number of carbonyl (C=O) groups is 1. The lowest BCUT2D eigenvalue weighted by Gasteiger charge is -2.17. The van der Waals surface area contributed by atoms with Crippen molar-refractivity contribution in [1.29, 1.82) is 0 Å². The number of halogens is 3. The number of nitrogens with one attached hydrogen (secondary N) is 1.